The second kappa shape index (κ2) is 5.08. The van der Waals surface area contributed by atoms with Crippen molar-refractivity contribution in [2.24, 2.45) is 34.5 Å². The van der Waals surface area contributed by atoms with Gasteiger partial charge in [0, 0.05) is 17.3 Å². The lowest BCUT2D eigenvalue weighted by molar-refractivity contribution is -0.366. The van der Waals surface area contributed by atoms with Crippen molar-refractivity contribution >= 4 is 5.97 Å². The molecule has 27 heavy (non-hydrogen) atoms. The summed E-state index contributed by atoms with van der Waals surface area (Å²) < 4.78 is 18.0. The zero-order valence-electron chi connectivity index (χ0n) is 15.6. The van der Waals surface area contributed by atoms with Crippen LogP contribution in [0.3, 0.4) is 0 Å². The Morgan fingerprint density at radius 2 is 1.93 bits per heavy atom. The Morgan fingerprint density at radius 1 is 1.19 bits per heavy atom. The molecule has 1 aliphatic heterocycles. The maximum atomic E-state index is 12.3. The number of allylic oxidation sites excluding steroid dienone is 1. The van der Waals surface area contributed by atoms with Crippen molar-refractivity contribution in [1.29, 1.82) is 0 Å². The van der Waals surface area contributed by atoms with Crippen LogP contribution in [0.1, 0.15) is 44.9 Å². The van der Waals surface area contributed by atoms with E-state index in [0.29, 0.717) is 55.8 Å². The number of fused-ring (bicyclic) bond motifs is 2. The molecule has 6 rings (SSSR count). The summed E-state index contributed by atoms with van der Waals surface area (Å²) in [5, 5.41) is 19.7. The summed E-state index contributed by atoms with van der Waals surface area (Å²) in [5.74, 6) is 0.946. The van der Waals surface area contributed by atoms with Gasteiger partial charge >= 0.3 is 5.97 Å². The lowest BCUT2D eigenvalue weighted by Gasteiger charge is -2.65. The van der Waals surface area contributed by atoms with Crippen LogP contribution in [0.25, 0.3) is 0 Å². The topological polar surface area (TPSA) is 85.2 Å². The molecule has 5 saturated carbocycles. The van der Waals surface area contributed by atoms with Crippen LogP contribution in [-0.2, 0) is 19.0 Å². The van der Waals surface area contributed by atoms with Crippen molar-refractivity contribution in [2.45, 2.75) is 62.9 Å². The molecule has 0 amide bonds. The number of rotatable bonds is 4. The molecule has 0 bridgehead atoms. The van der Waals surface area contributed by atoms with Gasteiger partial charge in [0.05, 0.1) is 24.4 Å². The van der Waals surface area contributed by atoms with Gasteiger partial charge in [-0.3, -0.25) is 4.79 Å². The molecule has 6 aliphatic rings. The summed E-state index contributed by atoms with van der Waals surface area (Å²) >= 11 is 0. The van der Waals surface area contributed by atoms with Crippen LogP contribution in [0.5, 0.6) is 0 Å². The zero-order valence-corrected chi connectivity index (χ0v) is 15.6. The number of esters is 1. The van der Waals surface area contributed by atoms with Gasteiger partial charge < -0.3 is 24.4 Å². The van der Waals surface area contributed by atoms with Crippen LogP contribution in [-0.4, -0.2) is 47.4 Å². The van der Waals surface area contributed by atoms with Gasteiger partial charge in [-0.25, -0.2) is 0 Å². The molecular weight excluding hydrogens is 348 g/mol. The number of carbonyl (C=O) groups excluding carboxylic acids is 1. The first-order valence-electron chi connectivity index (χ1n) is 10.5. The molecule has 0 aromatic heterocycles. The Labute approximate surface area is 158 Å². The molecule has 7 unspecified atom stereocenters. The van der Waals surface area contributed by atoms with Gasteiger partial charge in [-0.2, -0.15) is 0 Å². The molecule has 148 valence electrons. The van der Waals surface area contributed by atoms with E-state index in [1.54, 1.807) is 0 Å². The molecule has 1 saturated heterocycles. The highest BCUT2D eigenvalue weighted by Crippen LogP contribution is 2.95. The third kappa shape index (κ3) is 1.85. The second-order valence-corrected chi connectivity index (χ2v) is 9.92. The number of carbonyl (C=O) groups is 1. The molecule has 6 nitrogen and oxygen atoms in total. The highest BCUT2D eigenvalue weighted by atomic mass is 16.8. The number of hydrogen-bond donors (Lipinski definition) is 2. The van der Waals surface area contributed by atoms with Gasteiger partial charge in [0.15, 0.2) is 5.79 Å². The molecule has 5 aliphatic carbocycles. The van der Waals surface area contributed by atoms with Gasteiger partial charge in [-0.05, 0) is 56.3 Å². The quantitative estimate of drug-likeness (QED) is 0.579. The van der Waals surface area contributed by atoms with Crippen LogP contribution >= 0.6 is 0 Å². The average molecular weight is 376 g/mol. The van der Waals surface area contributed by atoms with Crippen molar-refractivity contribution in [3.8, 4) is 0 Å². The fourth-order valence-electron chi connectivity index (χ4n) is 7.60. The number of hydrogen-bond acceptors (Lipinski definition) is 6. The van der Waals surface area contributed by atoms with E-state index in [0.717, 1.165) is 19.3 Å². The number of aliphatic hydroxyl groups excluding tert-OH is 2. The predicted molar refractivity (Wildman–Crippen MR) is 93.4 cm³/mol. The van der Waals surface area contributed by atoms with Crippen LogP contribution in [0.4, 0.5) is 0 Å². The van der Waals surface area contributed by atoms with Gasteiger partial charge in [0.2, 0.25) is 0 Å². The molecule has 6 fully saturated rings. The van der Waals surface area contributed by atoms with Crippen molar-refractivity contribution in [1.82, 2.24) is 0 Å². The lowest BCUT2D eigenvalue weighted by Crippen LogP contribution is -2.70. The van der Waals surface area contributed by atoms with E-state index in [4.69, 9.17) is 14.2 Å². The summed E-state index contributed by atoms with van der Waals surface area (Å²) in [7, 11) is 0. The first-order valence-corrected chi connectivity index (χ1v) is 10.5. The smallest absolute Gasteiger partial charge is 0.309 e. The molecule has 0 aromatic rings. The zero-order chi connectivity index (χ0) is 18.6. The first kappa shape index (κ1) is 16.8. The van der Waals surface area contributed by atoms with Crippen molar-refractivity contribution in [3.63, 3.8) is 0 Å². The minimum Gasteiger partial charge on any atom is -0.512 e. The SMILES string of the molecule is C=C(O)C12CC3C4C(CC41C2)C31OCC(COC(=O)C2CCC(O)CC2)O1. The molecule has 2 N–H and O–H groups in total. The molecule has 7 atom stereocenters. The highest BCUT2D eigenvalue weighted by Gasteiger charge is 2.94. The Morgan fingerprint density at radius 3 is 2.67 bits per heavy atom. The summed E-state index contributed by atoms with van der Waals surface area (Å²) in [6.45, 7) is 4.56. The van der Waals surface area contributed by atoms with E-state index >= 15 is 0 Å². The third-order valence-electron chi connectivity index (χ3n) is 8.98. The van der Waals surface area contributed by atoms with E-state index in [1.165, 1.54) is 0 Å². The van der Waals surface area contributed by atoms with Gasteiger partial charge in [-0.15, -0.1) is 0 Å². The maximum absolute atomic E-state index is 12.3. The van der Waals surface area contributed by atoms with E-state index in [1.807, 2.05) is 0 Å². The minimum atomic E-state index is -0.516. The summed E-state index contributed by atoms with van der Waals surface area (Å²) in [4.78, 5) is 12.3. The molecular formula is C21H28O6. The summed E-state index contributed by atoms with van der Waals surface area (Å²) in [6, 6.07) is 0. The molecule has 2 spiro atoms. The number of aliphatic hydroxyl groups is 2. The standard InChI is InChI=1S/C21H28O6/c1-11(22)19-6-15-17-16(7-20(17,19)10-19)21(15)26-9-14(27-21)8-25-18(24)12-2-4-13(23)5-3-12/h12-17,22-23H,1-10H2. The summed E-state index contributed by atoms with van der Waals surface area (Å²) in [5.41, 5.74) is 0.202. The van der Waals surface area contributed by atoms with Crippen molar-refractivity contribution in [2.75, 3.05) is 13.2 Å². The second-order valence-electron chi connectivity index (χ2n) is 9.92. The Hall–Kier alpha value is -1.11. The average Bonchev–Trinajstić information content (AvgIpc) is 3.07. The van der Waals surface area contributed by atoms with E-state index in [-0.39, 0.29) is 41.5 Å². The Kier molecular flexibility index (Phi) is 3.16. The maximum Gasteiger partial charge on any atom is 0.309 e. The Bertz CT molecular complexity index is 713. The number of ether oxygens (including phenoxy) is 3. The van der Waals surface area contributed by atoms with Crippen molar-refractivity contribution < 1.29 is 29.2 Å². The van der Waals surface area contributed by atoms with Gasteiger partial charge in [0.1, 0.15) is 12.7 Å². The molecule has 6 heteroatoms. The van der Waals surface area contributed by atoms with Crippen LogP contribution in [0.15, 0.2) is 12.3 Å². The lowest BCUT2D eigenvalue weighted by atomic mass is 9.44. The largest absolute Gasteiger partial charge is 0.512 e. The van der Waals surface area contributed by atoms with Crippen LogP contribution < -0.4 is 0 Å². The van der Waals surface area contributed by atoms with E-state index < -0.39 is 5.79 Å². The molecule has 1 heterocycles. The Balaban J connectivity index is 1.06. The highest BCUT2D eigenvalue weighted by molar-refractivity contribution is 5.72. The van der Waals surface area contributed by atoms with Crippen molar-refractivity contribution in [3.05, 3.63) is 12.3 Å². The normalized spacial score (nSPS) is 56.6. The fraction of sp³-hybridized carbons (Fsp3) is 0.857. The van der Waals surface area contributed by atoms with Gasteiger partial charge in [-0.1, -0.05) is 6.58 Å². The molecule has 0 aromatic carbocycles. The first-order chi connectivity index (χ1) is 12.9. The predicted octanol–water partition coefficient (Wildman–Crippen LogP) is 2.31. The third-order valence-corrected chi connectivity index (χ3v) is 8.98. The molecule has 0 radical (unpaired) electrons. The van der Waals surface area contributed by atoms with Crippen LogP contribution in [0, 0.1) is 34.5 Å². The van der Waals surface area contributed by atoms with E-state index in [2.05, 4.69) is 6.58 Å². The van der Waals surface area contributed by atoms with E-state index in [9.17, 15) is 15.0 Å². The van der Waals surface area contributed by atoms with Gasteiger partial charge in [0.25, 0.3) is 0 Å². The summed E-state index contributed by atoms with van der Waals surface area (Å²) in [6.07, 6.45) is 5.34. The fourth-order valence-corrected chi connectivity index (χ4v) is 7.60. The van der Waals surface area contributed by atoms with Crippen LogP contribution in [0.2, 0.25) is 0 Å². The monoisotopic (exact) mass is 376 g/mol. The minimum absolute atomic E-state index is 0.0782.